The molecule has 0 radical (unpaired) electrons. The molecule has 0 saturated carbocycles. The van der Waals surface area contributed by atoms with E-state index in [-0.39, 0.29) is 10.8 Å². The minimum absolute atomic E-state index is 0.0135. The second-order valence-electron chi connectivity index (χ2n) is 12.0. The molecule has 204 valence electrons. The summed E-state index contributed by atoms with van der Waals surface area (Å²) in [4.78, 5) is 17.9. The Balaban J connectivity index is 1.28. The number of fused-ring (bicyclic) bond motifs is 9. The molecule has 0 aliphatic heterocycles. The molecule has 3 aromatic heterocycles. The number of benzene rings is 5. The first-order valence-electron chi connectivity index (χ1n) is 14.6. The highest BCUT2D eigenvalue weighted by atomic mass is 16.3. The Morgan fingerprint density at radius 1 is 0.674 bits per heavy atom. The van der Waals surface area contributed by atoms with Crippen molar-refractivity contribution < 1.29 is 4.42 Å². The van der Waals surface area contributed by atoms with Gasteiger partial charge in [-0.05, 0) is 81.9 Å². The molecule has 0 N–H and O–H groups in total. The lowest BCUT2D eigenvalue weighted by Crippen LogP contribution is -2.14. The summed E-state index contributed by atoms with van der Waals surface area (Å²) in [5, 5.41) is 3.62. The average molecular weight is 555 g/mol. The van der Waals surface area contributed by atoms with E-state index < -0.39 is 0 Å². The van der Waals surface area contributed by atoms with Gasteiger partial charge >= 0.3 is 0 Å². The molecule has 43 heavy (non-hydrogen) atoms. The van der Waals surface area contributed by atoms with Gasteiger partial charge in [-0.2, -0.15) is 0 Å². The van der Waals surface area contributed by atoms with E-state index >= 15 is 0 Å². The first-order chi connectivity index (χ1) is 21.0. The third kappa shape index (κ3) is 3.26. The van der Waals surface area contributed by atoms with Crippen LogP contribution >= 0.6 is 0 Å². The number of aromatic nitrogens is 2. The number of hydrogen-bond donors (Lipinski definition) is 0. The maximum atomic E-state index is 13.4. The van der Waals surface area contributed by atoms with Gasteiger partial charge in [-0.3, -0.25) is 9.78 Å². The van der Waals surface area contributed by atoms with Crippen LogP contribution in [0.1, 0.15) is 25.0 Å². The van der Waals surface area contributed by atoms with Crippen molar-refractivity contribution in [2.24, 2.45) is 0 Å². The molecule has 3 heterocycles. The summed E-state index contributed by atoms with van der Waals surface area (Å²) in [5.74, 6) is 0. The van der Waals surface area contributed by atoms with Crippen molar-refractivity contribution >= 4 is 43.7 Å². The summed E-state index contributed by atoms with van der Waals surface area (Å²) in [5.41, 5.74) is 11.7. The molecule has 1 aliphatic rings. The predicted octanol–water partition coefficient (Wildman–Crippen LogP) is 9.41. The van der Waals surface area contributed by atoms with Gasteiger partial charge < -0.3 is 8.98 Å². The minimum Gasteiger partial charge on any atom is -0.456 e. The number of hydrogen-bond acceptors (Lipinski definition) is 3. The van der Waals surface area contributed by atoms with Crippen molar-refractivity contribution in [3.63, 3.8) is 0 Å². The Labute approximate surface area is 247 Å². The van der Waals surface area contributed by atoms with E-state index in [0.717, 1.165) is 27.8 Å². The second kappa shape index (κ2) is 8.52. The van der Waals surface area contributed by atoms with Crippen LogP contribution in [0.15, 0.2) is 131 Å². The first kappa shape index (κ1) is 24.2. The van der Waals surface area contributed by atoms with Gasteiger partial charge in [0, 0.05) is 28.1 Å². The van der Waals surface area contributed by atoms with Crippen molar-refractivity contribution in [1.29, 1.82) is 0 Å². The minimum atomic E-state index is -0.0738. The monoisotopic (exact) mass is 554 g/mol. The van der Waals surface area contributed by atoms with Crippen molar-refractivity contribution in [1.82, 2.24) is 9.55 Å². The van der Waals surface area contributed by atoms with E-state index in [1.165, 1.54) is 33.0 Å². The molecule has 0 atom stereocenters. The van der Waals surface area contributed by atoms with Crippen LogP contribution in [-0.4, -0.2) is 9.55 Å². The van der Waals surface area contributed by atoms with Gasteiger partial charge in [0.15, 0.2) is 0 Å². The van der Waals surface area contributed by atoms with E-state index in [2.05, 4.69) is 90.1 Å². The Morgan fingerprint density at radius 2 is 1.49 bits per heavy atom. The highest BCUT2D eigenvalue weighted by Gasteiger charge is 2.37. The zero-order chi connectivity index (χ0) is 28.9. The van der Waals surface area contributed by atoms with Crippen molar-refractivity contribution in [2.45, 2.75) is 19.3 Å². The van der Waals surface area contributed by atoms with E-state index in [4.69, 9.17) is 4.42 Å². The molecule has 0 spiro atoms. The standard InChI is InChI=1S/C39H26N2O2/c1-39(2)30-12-5-3-10-26(30)36-31(39)15-16-32-37(36)27-18-19-40-22-33(27)41(32)25-9-7-8-23(20-25)24-14-17-35-29(21-24)38(42)28-11-4-6-13-34(28)43-35/h3-22H,1-2H3. The Bertz CT molecular complexity index is 2510. The normalized spacial score (nSPS) is 13.6. The SMILES string of the molecule is CC1(C)c2ccccc2-c2c1ccc1c2c2ccncc2n1-c1cccc(-c2ccc3oc4ccccc4c(=O)c3c2)c1. The van der Waals surface area contributed by atoms with Crippen LogP contribution in [0.5, 0.6) is 0 Å². The molecular weight excluding hydrogens is 528 g/mol. The number of nitrogens with zero attached hydrogens (tertiary/aromatic N) is 2. The summed E-state index contributed by atoms with van der Waals surface area (Å²) in [6.45, 7) is 4.64. The van der Waals surface area contributed by atoms with Crippen molar-refractivity contribution in [3.8, 4) is 27.9 Å². The lowest BCUT2D eigenvalue weighted by molar-refractivity contribution is 0.660. The van der Waals surface area contributed by atoms with Gasteiger partial charge in [0.05, 0.1) is 28.0 Å². The Morgan fingerprint density at radius 3 is 2.42 bits per heavy atom. The highest BCUT2D eigenvalue weighted by molar-refractivity contribution is 6.17. The molecular formula is C39H26N2O2. The molecule has 0 unspecified atom stereocenters. The largest absolute Gasteiger partial charge is 0.456 e. The van der Waals surface area contributed by atoms with Crippen molar-refractivity contribution in [3.05, 3.63) is 143 Å². The maximum Gasteiger partial charge on any atom is 0.200 e. The molecule has 0 bridgehead atoms. The molecule has 0 amide bonds. The van der Waals surface area contributed by atoms with Crippen LogP contribution in [0.25, 0.3) is 71.7 Å². The predicted molar refractivity (Wildman–Crippen MR) is 175 cm³/mol. The summed E-state index contributed by atoms with van der Waals surface area (Å²) in [6.07, 6.45) is 3.85. The lowest BCUT2D eigenvalue weighted by Gasteiger charge is -2.21. The molecule has 5 aromatic carbocycles. The summed E-state index contributed by atoms with van der Waals surface area (Å²) in [6, 6.07) is 37.3. The van der Waals surface area contributed by atoms with Crippen LogP contribution in [0.3, 0.4) is 0 Å². The summed E-state index contributed by atoms with van der Waals surface area (Å²) < 4.78 is 8.38. The summed E-state index contributed by atoms with van der Waals surface area (Å²) >= 11 is 0. The molecule has 0 saturated heterocycles. The van der Waals surface area contributed by atoms with Gasteiger partial charge in [0.2, 0.25) is 5.43 Å². The fourth-order valence-electron chi connectivity index (χ4n) is 7.23. The number of rotatable bonds is 2. The van der Waals surface area contributed by atoms with E-state index in [9.17, 15) is 4.79 Å². The van der Waals surface area contributed by atoms with E-state index in [0.29, 0.717) is 21.9 Å². The summed E-state index contributed by atoms with van der Waals surface area (Å²) in [7, 11) is 0. The van der Waals surface area contributed by atoms with E-state index in [1.807, 2.05) is 54.9 Å². The molecule has 4 nitrogen and oxygen atoms in total. The zero-order valence-electron chi connectivity index (χ0n) is 23.8. The van der Waals surface area contributed by atoms with Crippen LogP contribution in [0.2, 0.25) is 0 Å². The van der Waals surface area contributed by atoms with Gasteiger partial charge in [-0.1, -0.05) is 74.5 Å². The molecule has 8 aromatic rings. The van der Waals surface area contributed by atoms with E-state index in [1.54, 1.807) is 0 Å². The Hall–Kier alpha value is -5.48. The molecule has 0 fully saturated rings. The van der Waals surface area contributed by atoms with Crippen molar-refractivity contribution in [2.75, 3.05) is 0 Å². The fraction of sp³-hybridized carbons (Fsp3) is 0.0769. The second-order valence-corrected chi connectivity index (χ2v) is 12.0. The lowest BCUT2D eigenvalue weighted by atomic mass is 9.82. The maximum absolute atomic E-state index is 13.4. The zero-order valence-corrected chi connectivity index (χ0v) is 23.8. The topological polar surface area (TPSA) is 48.0 Å². The van der Waals surface area contributed by atoms with Crippen LogP contribution in [0.4, 0.5) is 0 Å². The third-order valence-corrected chi connectivity index (χ3v) is 9.29. The first-order valence-corrected chi connectivity index (χ1v) is 14.6. The quantitative estimate of drug-likeness (QED) is 0.200. The molecule has 9 rings (SSSR count). The number of para-hydroxylation sites is 1. The van der Waals surface area contributed by atoms with Crippen LogP contribution in [-0.2, 0) is 5.41 Å². The van der Waals surface area contributed by atoms with Gasteiger partial charge in [0.1, 0.15) is 11.2 Å². The average Bonchev–Trinajstić information content (AvgIpc) is 3.50. The third-order valence-electron chi connectivity index (χ3n) is 9.29. The van der Waals surface area contributed by atoms with Gasteiger partial charge in [-0.25, -0.2) is 0 Å². The number of pyridine rings is 1. The van der Waals surface area contributed by atoms with Crippen LogP contribution in [0, 0.1) is 0 Å². The van der Waals surface area contributed by atoms with Crippen LogP contribution < -0.4 is 5.43 Å². The fourth-order valence-corrected chi connectivity index (χ4v) is 7.23. The molecule has 4 heteroatoms. The smallest absolute Gasteiger partial charge is 0.200 e. The Kier molecular flexibility index (Phi) is 4.79. The molecule has 1 aliphatic carbocycles. The van der Waals surface area contributed by atoms with Gasteiger partial charge in [-0.15, -0.1) is 0 Å². The highest BCUT2D eigenvalue weighted by Crippen LogP contribution is 2.53. The van der Waals surface area contributed by atoms with Gasteiger partial charge in [0.25, 0.3) is 0 Å².